The van der Waals surface area contributed by atoms with Crippen molar-refractivity contribution >= 4 is 22.9 Å². The molecule has 23 heavy (non-hydrogen) atoms. The number of carbonyl (C=O) groups excluding carboxylic acids is 2. The van der Waals surface area contributed by atoms with E-state index in [0.717, 1.165) is 10.9 Å². The van der Waals surface area contributed by atoms with Gasteiger partial charge in [-0.25, -0.2) is 0 Å². The Labute approximate surface area is 134 Å². The summed E-state index contributed by atoms with van der Waals surface area (Å²) in [5.74, 6) is -3.07. The molecule has 0 aliphatic rings. The highest BCUT2D eigenvalue weighted by Crippen LogP contribution is 2.23. The van der Waals surface area contributed by atoms with E-state index < -0.39 is 24.1 Å². The van der Waals surface area contributed by atoms with Crippen molar-refractivity contribution in [2.75, 3.05) is 0 Å². The molecule has 0 saturated carbocycles. The molecule has 0 N–H and O–H groups in total. The number of hydrogen-bond donors (Lipinski definition) is 0. The number of carbonyl (C=O) groups is 2. The molecule has 4 nitrogen and oxygen atoms in total. The van der Waals surface area contributed by atoms with Crippen LogP contribution in [0.15, 0.2) is 36.4 Å². The van der Waals surface area contributed by atoms with Gasteiger partial charge in [-0.1, -0.05) is 12.1 Å². The van der Waals surface area contributed by atoms with Crippen LogP contribution in [0, 0.1) is 24.2 Å². The second kappa shape index (κ2) is 7.11. The van der Waals surface area contributed by atoms with E-state index in [1.165, 1.54) is 29.5 Å². The first kappa shape index (κ1) is 16.8. The number of nitrogens with zero attached hydrogens (tertiary/aromatic N) is 1. The van der Waals surface area contributed by atoms with Crippen LogP contribution in [-0.2, 0) is 0 Å². The van der Waals surface area contributed by atoms with E-state index in [4.69, 9.17) is 0 Å². The minimum Gasteiger partial charge on any atom is -0.435 e. The van der Waals surface area contributed by atoms with E-state index in [2.05, 4.69) is 4.74 Å². The van der Waals surface area contributed by atoms with Gasteiger partial charge in [0, 0.05) is 10.4 Å². The van der Waals surface area contributed by atoms with Crippen LogP contribution in [0.4, 0.5) is 8.78 Å². The van der Waals surface area contributed by atoms with Crippen LogP contribution in [-0.4, -0.2) is 18.2 Å². The average molecular weight is 335 g/mol. The second-order valence-electron chi connectivity index (χ2n) is 4.61. The van der Waals surface area contributed by atoms with Crippen molar-refractivity contribution in [3.8, 4) is 11.8 Å². The molecule has 0 radical (unpaired) electrons. The average Bonchev–Trinajstić information content (AvgIpc) is 2.94. The van der Waals surface area contributed by atoms with E-state index >= 15 is 0 Å². The molecular weight excluding hydrogens is 324 g/mol. The number of rotatable bonds is 6. The van der Waals surface area contributed by atoms with Crippen LogP contribution in [0.25, 0.3) is 0 Å². The maximum Gasteiger partial charge on any atom is 0.387 e. The Morgan fingerprint density at radius 1 is 1.22 bits per heavy atom. The molecule has 0 amide bonds. The first-order valence-electron chi connectivity index (χ1n) is 6.51. The molecule has 1 atom stereocenters. The maximum atomic E-state index is 12.4. The highest BCUT2D eigenvalue weighted by Gasteiger charge is 2.29. The normalized spacial score (nSPS) is 11.8. The summed E-state index contributed by atoms with van der Waals surface area (Å²) >= 11 is 1.19. The number of thiophene rings is 1. The molecule has 0 unspecified atom stereocenters. The zero-order valence-electron chi connectivity index (χ0n) is 12.0. The summed E-state index contributed by atoms with van der Waals surface area (Å²) < 4.78 is 28.7. The summed E-state index contributed by atoms with van der Waals surface area (Å²) in [5, 5.41) is 9.17. The van der Waals surface area contributed by atoms with Crippen molar-refractivity contribution in [2.24, 2.45) is 5.92 Å². The summed E-state index contributed by atoms with van der Waals surface area (Å²) in [6.07, 6.45) is 0. The fraction of sp³-hybridized carbons (Fsp3) is 0.188. The highest BCUT2D eigenvalue weighted by atomic mass is 32.1. The van der Waals surface area contributed by atoms with E-state index in [9.17, 15) is 23.6 Å². The van der Waals surface area contributed by atoms with Gasteiger partial charge in [0.2, 0.25) is 0 Å². The minimum absolute atomic E-state index is 0.0312. The van der Waals surface area contributed by atoms with Gasteiger partial charge in [-0.2, -0.15) is 14.0 Å². The Hall–Kier alpha value is -2.59. The Morgan fingerprint density at radius 3 is 2.52 bits per heavy atom. The molecule has 1 aromatic carbocycles. The molecule has 118 valence electrons. The van der Waals surface area contributed by atoms with Gasteiger partial charge in [0.05, 0.1) is 10.9 Å². The topological polar surface area (TPSA) is 67.2 Å². The molecule has 0 saturated heterocycles. The summed E-state index contributed by atoms with van der Waals surface area (Å²) in [6, 6.07) is 9.99. The van der Waals surface area contributed by atoms with Crippen molar-refractivity contribution in [2.45, 2.75) is 13.5 Å². The van der Waals surface area contributed by atoms with Crippen molar-refractivity contribution in [1.82, 2.24) is 0 Å². The van der Waals surface area contributed by atoms with Crippen LogP contribution < -0.4 is 4.74 Å². The zero-order chi connectivity index (χ0) is 17.0. The number of benzene rings is 1. The third kappa shape index (κ3) is 3.99. The van der Waals surface area contributed by atoms with Crippen molar-refractivity contribution in [1.29, 1.82) is 5.26 Å². The van der Waals surface area contributed by atoms with Gasteiger partial charge in [0.15, 0.2) is 17.5 Å². The smallest absolute Gasteiger partial charge is 0.387 e. The molecule has 1 heterocycles. The van der Waals surface area contributed by atoms with E-state index in [1.807, 2.05) is 0 Å². The molecule has 0 fully saturated rings. The minimum atomic E-state index is -3.03. The van der Waals surface area contributed by atoms with Crippen molar-refractivity contribution in [3.63, 3.8) is 0 Å². The molecular formula is C16H11F2NO3S. The quantitative estimate of drug-likeness (QED) is 0.594. The van der Waals surface area contributed by atoms with Gasteiger partial charge in [0.1, 0.15) is 5.75 Å². The number of hydrogen-bond acceptors (Lipinski definition) is 5. The Bertz CT molecular complexity index is 780. The second-order valence-corrected chi connectivity index (χ2v) is 5.90. The largest absolute Gasteiger partial charge is 0.435 e. The van der Waals surface area contributed by atoms with E-state index in [0.29, 0.717) is 4.88 Å². The summed E-state index contributed by atoms with van der Waals surface area (Å²) in [6.45, 7) is -1.22. The number of Topliss-reactive ketones (excluding diaryl/α,β-unsaturated/α-hetero) is 2. The monoisotopic (exact) mass is 335 g/mol. The lowest BCUT2D eigenvalue weighted by Crippen LogP contribution is -2.22. The van der Waals surface area contributed by atoms with Crippen LogP contribution in [0.1, 0.15) is 24.9 Å². The lowest BCUT2D eigenvalue weighted by Gasteiger charge is -2.08. The van der Waals surface area contributed by atoms with Crippen LogP contribution in [0.2, 0.25) is 0 Å². The predicted octanol–water partition coefficient (Wildman–Crippen LogP) is 3.86. The first-order chi connectivity index (χ1) is 10.9. The third-order valence-electron chi connectivity index (χ3n) is 2.98. The molecule has 1 aromatic heterocycles. The van der Waals surface area contributed by atoms with Gasteiger partial charge in [-0.15, -0.1) is 11.3 Å². The number of nitriles is 1. The Morgan fingerprint density at radius 2 is 1.96 bits per heavy atom. The number of halogens is 2. The first-order valence-corrected chi connectivity index (χ1v) is 7.33. The molecule has 0 aliphatic carbocycles. The van der Waals surface area contributed by atoms with Crippen LogP contribution in [0.5, 0.6) is 5.75 Å². The Kier molecular flexibility index (Phi) is 5.19. The van der Waals surface area contributed by atoms with Gasteiger partial charge in [-0.05, 0) is 31.2 Å². The number of ether oxygens (including phenoxy) is 1. The maximum absolute atomic E-state index is 12.4. The summed E-state index contributed by atoms with van der Waals surface area (Å²) in [4.78, 5) is 25.8. The van der Waals surface area contributed by atoms with Crippen LogP contribution >= 0.6 is 11.3 Å². The fourth-order valence-corrected chi connectivity index (χ4v) is 2.78. The number of ketones is 2. The standard InChI is InChI=1S/C16H11F2NO3S/c1-9-5-6-13(23-9)15(21)12(8-19)14(20)10-3-2-4-11(7-10)22-16(17)18/h2-7,12,16H,1H3/t12-/m1/s1. The van der Waals surface area contributed by atoms with Crippen LogP contribution in [0.3, 0.4) is 0 Å². The van der Waals surface area contributed by atoms with Gasteiger partial charge in [0.25, 0.3) is 0 Å². The van der Waals surface area contributed by atoms with Gasteiger partial charge >= 0.3 is 6.61 Å². The fourth-order valence-electron chi connectivity index (χ4n) is 1.94. The van der Waals surface area contributed by atoms with E-state index in [-0.39, 0.29) is 11.3 Å². The van der Waals surface area contributed by atoms with E-state index in [1.54, 1.807) is 25.1 Å². The zero-order valence-corrected chi connectivity index (χ0v) is 12.8. The predicted molar refractivity (Wildman–Crippen MR) is 79.9 cm³/mol. The highest BCUT2D eigenvalue weighted by molar-refractivity contribution is 7.14. The number of alkyl halides is 2. The summed E-state index contributed by atoms with van der Waals surface area (Å²) in [7, 11) is 0. The Balaban J connectivity index is 2.27. The summed E-state index contributed by atoms with van der Waals surface area (Å²) in [5.41, 5.74) is -0.0312. The molecule has 2 rings (SSSR count). The molecule has 2 aromatic rings. The van der Waals surface area contributed by atoms with Crippen molar-refractivity contribution in [3.05, 3.63) is 51.7 Å². The molecule has 7 heteroatoms. The van der Waals surface area contributed by atoms with Gasteiger partial charge < -0.3 is 4.74 Å². The SMILES string of the molecule is Cc1ccc(C(=O)[C@H](C#N)C(=O)c2cccc(OC(F)F)c2)s1. The molecule has 0 spiro atoms. The molecule has 0 bridgehead atoms. The lowest BCUT2D eigenvalue weighted by molar-refractivity contribution is -0.0498. The number of aryl methyl sites for hydroxylation is 1. The van der Waals surface area contributed by atoms with Crippen molar-refractivity contribution < 1.29 is 23.1 Å². The molecule has 0 aliphatic heterocycles. The van der Waals surface area contributed by atoms with Gasteiger partial charge in [-0.3, -0.25) is 9.59 Å². The lowest BCUT2D eigenvalue weighted by atomic mass is 9.94. The third-order valence-corrected chi connectivity index (χ3v) is 4.00.